The zero-order valence-corrected chi connectivity index (χ0v) is 13.1. The number of aromatic nitrogens is 2. The van der Waals surface area contributed by atoms with E-state index in [1.165, 1.54) is 22.3 Å². The lowest BCUT2D eigenvalue weighted by molar-refractivity contribution is 1.10. The Labute approximate surface area is 129 Å². The number of hydrogen-bond acceptors (Lipinski definition) is 1. The first kappa shape index (κ1) is 13.0. The summed E-state index contributed by atoms with van der Waals surface area (Å²) in [6.45, 7) is 6.38. The van der Waals surface area contributed by atoms with Gasteiger partial charge in [-0.05, 0) is 55.7 Å². The molecule has 0 bridgehead atoms. The molecule has 4 rings (SSSR count). The highest BCUT2D eigenvalue weighted by Crippen LogP contribution is 2.32. The van der Waals surface area contributed by atoms with Gasteiger partial charge in [0.1, 0.15) is 11.5 Å². The Hall–Kier alpha value is -2.68. The van der Waals surface area contributed by atoms with E-state index in [2.05, 4.69) is 78.3 Å². The Balaban J connectivity index is 2.28. The standard InChI is InChI=1S/C19H19N3/c1-12-7-6-8-13(2)18(12)21-15-9-4-5-10-16(15)22-17(21)11-14(3)19(22)20/h4-11H,20H2,1-3H3. The van der Waals surface area contributed by atoms with Gasteiger partial charge < -0.3 is 5.73 Å². The molecule has 0 aliphatic carbocycles. The molecular weight excluding hydrogens is 270 g/mol. The van der Waals surface area contributed by atoms with E-state index in [0.717, 1.165) is 22.5 Å². The van der Waals surface area contributed by atoms with Gasteiger partial charge in [0.05, 0.1) is 16.7 Å². The topological polar surface area (TPSA) is 35.4 Å². The van der Waals surface area contributed by atoms with Crippen LogP contribution in [0.25, 0.3) is 22.4 Å². The molecular formula is C19H19N3. The van der Waals surface area contributed by atoms with E-state index in [9.17, 15) is 0 Å². The van der Waals surface area contributed by atoms with Crippen molar-refractivity contribution in [1.82, 2.24) is 8.97 Å². The first-order chi connectivity index (χ1) is 10.6. The van der Waals surface area contributed by atoms with Crippen LogP contribution in [-0.4, -0.2) is 8.97 Å². The van der Waals surface area contributed by atoms with E-state index in [1.54, 1.807) is 0 Å². The van der Waals surface area contributed by atoms with Crippen molar-refractivity contribution in [3.63, 3.8) is 0 Å². The number of imidazole rings is 1. The van der Waals surface area contributed by atoms with E-state index in [1.807, 2.05) is 0 Å². The predicted molar refractivity (Wildman–Crippen MR) is 92.9 cm³/mol. The fourth-order valence-corrected chi connectivity index (χ4v) is 3.41. The van der Waals surface area contributed by atoms with Gasteiger partial charge in [-0.2, -0.15) is 0 Å². The number of nitrogen functional groups attached to an aromatic ring is 1. The van der Waals surface area contributed by atoms with Crippen LogP contribution in [0.15, 0.2) is 48.5 Å². The monoisotopic (exact) mass is 289 g/mol. The maximum atomic E-state index is 6.32. The van der Waals surface area contributed by atoms with Gasteiger partial charge in [-0.15, -0.1) is 0 Å². The largest absolute Gasteiger partial charge is 0.385 e. The molecule has 0 aliphatic rings. The average molecular weight is 289 g/mol. The summed E-state index contributed by atoms with van der Waals surface area (Å²) in [5.74, 6) is 0.816. The first-order valence-electron chi connectivity index (χ1n) is 7.53. The van der Waals surface area contributed by atoms with Crippen molar-refractivity contribution in [2.45, 2.75) is 20.8 Å². The van der Waals surface area contributed by atoms with Gasteiger partial charge in [0.25, 0.3) is 0 Å². The van der Waals surface area contributed by atoms with Gasteiger partial charge in [-0.3, -0.25) is 8.97 Å². The molecule has 3 nitrogen and oxygen atoms in total. The Bertz CT molecular complexity index is 998. The van der Waals surface area contributed by atoms with Gasteiger partial charge in [0.2, 0.25) is 0 Å². The fraction of sp³-hybridized carbons (Fsp3) is 0.158. The molecule has 3 heteroatoms. The highest BCUT2D eigenvalue weighted by Gasteiger charge is 2.17. The van der Waals surface area contributed by atoms with Crippen LogP contribution < -0.4 is 5.73 Å². The molecule has 110 valence electrons. The first-order valence-corrected chi connectivity index (χ1v) is 7.53. The fourth-order valence-electron chi connectivity index (χ4n) is 3.41. The van der Waals surface area contributed by atoms with Gasteiger partial charge in [-0.25, -0.2) is 0 Å². The van der Waals surface area contributed by atoms with Crippen LogP contribution in [0.1, 0.15) is 16.7 Å². The number of anilines is 1. The van der Waals surface area contributed by atoms with Crippen molar-refractivity contribution in [2.24, 2.45) is 0 Å². The van der Waals surface area contributed by atoms with Crippen LogP contribution in [0.4, 0.5) is 5.82 Å². The summed E-state index contributed by atoms with van der Waals surface area (Å²) in [7, 11) is 0. The van der Waals surface area contributed by atoms with Crippen molar-refractivity contribution >= 4 is 22.5 Å². The lowest BCUT2D eigenvalue weighted by Crippen LogP contribution is -1.99. The lowest BCUT2D eigenvalue weighted by atomic mass is 10.1. The highest BCUT2D eigenvalue weighted by atomic mass is 15.2. The smallest absolute Gasteiger partial charge is 0.124 e. The minimum Gasteiger partial charge on any atom is -0.385 e. The highest BCUT2D eigenvalue weighted by molar-refractivity contribution is 5.88. The van der Waals surface area contributed by atoms with E-state index in [4.69, 9.17) is 5.73 Å². The molecule has 2 N–H and O–H groups in total. The van der Waals surface area contributed by atoms with Crippen LogP contribution >= 0.6 is 0 Å². The van der Waals surface area contributed by atoms with Crippen LogP contribution in [-0.2, 0) is 0 Å². The third-order valence-electron chi connectivity index (χ3n) is 4.48. The Morgan fingerprint density at radius 2 is 1.41 bits per heavy atom. The number of aryl methyl sites for hydroxylation is 3. The van der Waals surface area contributed by atoms with Gasteiger partial charge >= 0.3 is 0 Å². The molecule has 0 aliphatic heterocycles. The number of nitrogens with two attached hydrogens (primary N) is 1. The minimum atomic E-state index is 0.816. The number of benzene rings is 2. The van der Waals surface area contributed by atoms with E-state index >= 15 is 0 Å². The normalized spacial score (nSPS) is 11.6. The van der Waals surface area contributed by atoms with Crippen molar-refractivity contribution < 1.29 is 0 Å². The Kier molecular flexibility index (Phi) is 2.61. The molecule has 0 amide bonds. The third-order valence-corrected chi connectivity index (χ3v) is 4.48. The zero-order valence-electron chi connectivity index (χ0n) is 13.1. The summed E-state index contributed by atoms with van der Waals surface area (Å²) in [5.41, 5.74) is 14.6. The summed E-state index contributed by atoms with van der Waals surface area (Å²) in [5, 5.41) is 0. The maximum absolute atomic E-state index is 6.32. The molecule has 4 aromatic rings. The van der Waals surface area contributed by atoms with Crippen LogP contribution in [0.2, 0.25) is 0 Å². The number of fused-ring (bicyclic) bond motifs is 3. The Morgan fingerprint density at radius 3 is 2.09 bits per heavy atom. The SMILES string of the molecule is Cc1cccc(C)c1-n1c2ccccc2n2c(N)c(C)cc12. The van der Waals surface area contributed by atoms with E-state index in [-0.39, 0.29) is 0 Å². The van der Waals surface area contributed by atoms with Gasteiger partial charge in [-0.1, -0.05) is 30.3 Å². The Morgan fingerprint density at radius 1 is 0.773 bits per heavy atom. The molecule has 0 saturated heterocycles. The summed E-state index contributed by atoms with van der Waals surface area (Å²) in [6, 6.07) is 17.0. The number of rotatable bonds is 1. The van der Waals surface area contributed by atoms with E-state index < -0.39 is 0 Å². The third kappa shape index (κ3) is 1.56. The van der Waals surface area contributed by atoms with Crippen LogP contribution in [0.5, 0.6) is 0 Å². The van der Waals surface area contributed by atoms with Gasteiger partial charge in [0.15, 0.2) is 0 Å². The summed E-state index contributed by atoms with van der Waals surface area (Å²) in [4.78, 5) is 0. The average Bonchev–Trinajstić information content (AvgIpc) is 2.95. The second kappa shape index (κ2) is 4.41. The molecule has 0 unspecified atom stereocenters. The molecule has 0 radical (unpaired) electrons. The number of para-hydroxylation sites is 3. The van der Waals surface area contributed by atoms with Gasteiger partial charge in [0, 0.05) is 0 Å². The molecule has 0 fully saturated rings. The second-order valence-corrected chi connectivity index (χ2v) is 5.97. The van der Waals surface area contributed by atoms with Crippen molar-refractivity contribution in [2.75, 3.05) is 5.73 Å². The molecule has 2 aromatic heterocycles. The van der Waals surface area contributed by atoms with Crippen LogP contribution in [0, 0.1) is 20.8 Å². The molecule has 0 saturated carbocycles. The molecule has 0 spiro atoms. The summed E-state index contributed by atoms with van der Waals surface area (Å²) >= 11 is 0. The lowest BCUT2D eigenvalue weighted by Gasteiger charge is -2.12. The van der Waals surface area contributed by atoms with Crippen molar-refractivity contribution in [3.8, 4) is 5.69 Å². The number of hydrogen-bond donors (Lipinski definition) is 1. The van der Waals surface area contributed by atoms with Crippen LogP contribution in [0.3, 0.4) is 0 Å². The molecule has 2 aromatic carbocycles. The summed E-state index contributed by atoms with van der Waals surface area (Å²) < 4.78 is 4.47. The molecule has 2 heterocycles. The minimum absolute atomic E-state index is 0.816. The quantitative estimate of drug-likeness (QED) is 0.554. The second-order valence-electron chi connectivity index (χ2n) is 5.97. The zero-order chi connectivity index (χ0) is 15.4. The predicted octanol–water partition coefficient (Wildman–Crippen LogP) is 4.39. The molecule has 0 atom stereocenters. The molecule has 22 heavy (non-hydrogen) atoms. The number of nitrogens with zero attached hydrogens (tertiary/aromatic N) is 2. The maximum Gasteiger partial charge on any atom is 0.124 e. The van der Waals surface area contributed by atoms with Crippen molar-refractivity contribution in [3.05, 3.63) is 65.2 Å². The van der Waals surface area contributed by atoms with E-state index in [0.29, 0.717) is 0 Å². The van der Waals surface area contributed by atoms with Crippen molar-refractivity contribution in [1.29, 1.82) is 0 Å². The summed E-state index contributed by atoms with van der Waals surface area (Å²) in [6.07, 6.45) is 0.